The summed E-state index contributed by atoms with van der Waals surface area (Å²) < 4.78 is 32.5. The molecule has 0 radical (unpaired) electrons. The van der Waals surface area contributed by atoms with Gasteiger partial charge in [0.15, 0.2) is 6.23 Å². The number of rotatable bonds is 6. The topological polar surface area (TPSA) is 161 Å². The maximum absolute atomic E-state index is 12.4. The third-order valence-corrected chi connectivity index (χ3v) is 5.64. The van der Waals surface area contributed by atoms with Crippen LogP contribution in [0.4, 0.5) is 11.5 Å². The number of pyridine rings is 1. The van der Waals surface area contributed by atoms with E-state index in [0.29, 0.717) is 5.69 Å². The first kappa shape index (κ1) is 20.5. The molecule has 2 heterocycles. The van der Waals surface area contributed by atoms with Gasteiger partial charge in [-0.2, -0.15) is 0 Å². The van der Waals surface area contributed by atoms with Gasteiger partial charge in [0.05, 0.1) is 11.5 Å². The summed E-state index contributed by atoms with van der Waals surface area (Å²) in [6.45, 7) is -0.542. The fraction of sp³-hybridized carbons (Fsp3) is 0.353. The first-order valence-corrected chi connectivity index (χ1v) is 9.91. The van der Waals surface area contributed by atoms with Gasteiger partial charge in [-0.05, 0) is 36.4 Å². The number of hydrogen-bond acceptors (Lipinski definition) is 9. The highest BCUT2D eigenvalue weighted by molar-refractivity contribution is 7.92. The van der Waals surface area contributed by atoms with Crippen molar-refractivity contribution < 1.29 is 33.6 Å². The van der Waals surface area contributed by atoms with Gasteiger partial charge >= 0.3 is 0 Å². The number of aliphatic hydroxyl groups is 4. The summed E-state index contributed by atoms with van der Waals surface area (Å²) in [5, 5.41) is 41.6. The maximum atomic E-state index is 12.4. The van der Waals surface area contributed by atoms with E-state index < -0.39 is 47.3 Å². The minimum absolute atomic E-state index is 0.00231. The first-order valence-electron chi connectivity index (χ1n) is 8.43. The second-order valence-electron chi connectivity index (χ2n) is 6.24. The van der Waals surface area contributed by atoms with Crippen LogP contribution in [0, 0.1) is 0 Å². The zero-order chi connectivity index (χ0) is 20.3. The summed E-state index contributed by atoms with van der Waals surface area (Å²) in [4.78, 5) is 3.91. The highest BCUT2D eigenvalue weighted by Gasteiger charge is 2.43. The number of anilines is 2. The Kier molecular flexibility index (Phi) is 6.13. The standard InChI is InChI=1S/C17H21N3O7S/c21-9-12-14(22)15(23)16(24)17(27-12)19-10-4-6-11(7-5-10)28(25,26)20-13-3-1-2-8-18-13/h1-8,12,14-17,19,21-24H,9H2,(H,18,20)/t12-,14+,15+,16+,17+/m0/s1. The highest BCUT2D eigenvalue weighted by Crippen LogP contribution is 2.24. The number of aliphatic hydroxyl groups excluding tert-OH is 4. The van der Waals surface area contributed by atoms with E-state index in [2.05, 4.69) is 15.0 Å². The summed E-state index contributed by atoms with van der Waals surface area (Å²) in [6, 6.07) is 10.4. The minimum atomic E-state index is -3.83. The molecule has 5 atom stereocenters. The zero-order valence-electron chi connectivity index (χ0n) is 14.6. The molecular formula is C17H21N3O7S. The van der Waals surface area contributed by atoms with Gasteiger partial charge in [0, 0.05) is 11.9 Å². The minimum Gasteiger partial charge on any atom is -0.394 e. The van der Waals surface area contributed by atoms with E-state index in [0.717, 1.165) is 0 Å². The van der Waals surface area contributed by atoms with Crippen LogP contribution in [0.25, 0.3) is 0 Å². The van der Waals surface area contributed by atoms with Gasteiger partial charge in [-0.15, -0.1) is 0 Å². The van der Waals surface area contributed by atoms with E-state index in [1.54, 1.807) is 12.1 Å². The van der Waals surface area contributed by atoms with Crippen LogP contribution in [0.15, 0.2) is 53.6 Å². The average molecular weight is 411 g/mol. The molecule has 1 aromatic heterocycles. The Morgan fingerprint density at radius 1 is 1.00 bits per heavy atom. The quantitative estimate of drug-likeness (QED) is 0.354. The van der Waals surface area contributed by atoms with Crippen molar-refractivity contribution in [3.05, 3.63) is 48.7 Å². The molecule has 0 unspecified atom stereocenters. The van der Waals surface area contributed by atoms with Crippen LogP contribution < -0.4 is 10.0 Å². The Balaban J connectivity index is 1.70. The number of ether oxygens (including phenoxy) is 1. The zero-order valence-corrected chi connectivity index (χ0v) is 15.4. The van der Waals surface area contributed by atoms with Crippen molar-refractivity contribution in [3.63, 3.8) is 0 Å². The lowest BCUT2D eigenvalue weighted by molar-refractivity contribution is -0.221. The van der Waals surface area contributed by atoms with Crippen LogP contribution >= 0.6 is 0 Å². The van der Waals surface area contributed by atoms with Crippen molar-refractivity contribution in [2.45, 2.75) is 35.5 Å². The largest absolute Gasteiger partial charge is 0.394 e. The number of sulfonamides is 1. The number of aromatic nitrogens is 1. The molecule has 0 bridgehead atoms. The first-order chi connectivity index (χ1) is 13.3. The predicted molar refractivity (Wildman–Crippen MR) is 98.9 cm³/mol. The van der Waals surface area contributed by atoms with Crippen LogP contribution in [-0.2, 0) is 14.8 Å². The summed E-state index contributed by atoms with van der Waals surface area (Å²) in [5.41, 5.74) is 0.404. The van der Waals surface area contributed by atoms with Crippen LogP contribution in [0.5, 0.6) is 0 Å². The molecule has 0 spiro atoms. The van der Waals surface area contributed by atoms with Gasteiger partial charge in [0.2, 0.25) is 0 Å². The van der Waals surface area contributed by atoms with Crippen LogP contribution in [-0.4, -0.2) is 71.1 Å². The van der Waals surface area contributed by atoms with E-state index in [-0.39, 0.29) is 10.7 Å². The van der Waals surface area contributed by atoms with Crippen molar-refractivity contribution in [3.8, 4) is 0 Å². The molecule has 1 fully saturated rings. The molecule has 6 N–H and O–H groups in total. The molecule has 1 aliphatic rings. The molecule has 3 rings (SSSR count). The third kappa shape index (κ3) is 4.41. The fourth-order valence-electron chi connectivity index (χ4n) is 2.74. The Morgan fingerprint density at radius 2 is 1.71 bits per heavy atom. The van der Waals surface area contributed by atoms with E-state index >= 15 is 0 Å². The van der Waals surface area contributed by atoms with Crippen molar-refractivity contribution >= 4 is 21.5 Å². The van der Waals surface area contributed by atoms with Crippen molar-refractivity contribution in [1.82, 2.24) is 4.98 Å². The van der Waals surface area contributed by atoms with Gasteiger partial charge in [-0.1, -0.05) is 6.07 Å². The Labute approximate surface area is 161 Å². The van der Waals surface area contributed by atoms with Gasteiger partial charge < -0.3 is 30.5 Å². The Morgan fingerprint density at radius 3 is 2.32 bits per heavy atom. The number of nitrogens with one attached hydrogen (secondary N) is 2. The molecule has 1 saturated heterocycles. The van der Waals surface area contributed by atoms with Crippen molar-refractivity contribution in [2.75, 3.05) is 16.6 Å². The molecule has 1 aliphatic heterocycles. The Bertz CT molecular complexity index is 877. The summed E-state index contributed by atoms with van der Waals surface area (Å²) in [5.74, 6) is 0.186. The third-order valence-electron chi connectivity index (χ3n) is 4.27. The summed E-state index contributed by atoms with van der Waals surface area (Å²) in [6.07, 6.45) is -5.10. The SMILES string of the molecule is O=S(=O)(Nc1ccccn1)c1ccc(N[C@@H]2O[C@@H](CO)[C@@H](O)[C@@H](O)[C@H]2O)cc1. The van der Waals surface area contributed by atoms with Crippen molar-refractivity contribution in [1.29, 1.82) is 0 Å². The molecule has 10 nitrogen and oxygen atoms in total. The number of benzene rings is 1. The fourth-order valence-corrected chi connectivity index (χ4v) is 3.74. The maximum Gasteiger partial charge on any atom is 0.263 e. The van der Waals surface area contributed by atoms with Crippen LogP contribution in [0.1, 0.15) is 0 Å². The molecule has 1 aromatic carbocycles. The second kappa shape index (κ2) is 8.39. The van der Waals surface area contributed by atoms with Gasteiger partial charge in [0.1, 0.15) is 30.2 Å². The average Bonchev–Trinajstić information content (AvgIpc) is 2.69. The van der Waals surface area contributed by atoms with Crippen LogP contribution in [0.2, 0.25) is 0 Å². The number of nitrogens with zero attached hydrogens (tertiary/aromatic N) is 1. The van der Waals surface area contributed by atoms with Crippen molar-refractivity contribution in [2.24, 2.45) is 0 Å². The molecule has 2 aromatic rings. The van der Waals surface area contributed by atoms with Gasteiger partial charge in [-0.3, -0.25) is 4.72 Å². The van der Waals surface area contributed by atoms with E-state index in [1.807, 2.05) is 0 Å². The lowest BCUT2D eigenvalue weighted by atomic mass is 9.98. The normalized spacial score (nSPS) is 27.9. The molecule has 11 heteroatoms. The monoisotopic (exact) mass is 411 g/mol. The van der Waals surface area contributed by atoms with E-state index in [4.69, 9.17) is 4.74 Å². The summed E-state index contributed by atoms with van der Waals surface area (Å²) in [7, 11) is -3.83. The van der Waals surface area contributed by atoms with E-state index in [1.165, 1.54) is 36.5 Å². The second-order valence-corrected chi connectivity index (χ2v) is 7.92. The number of hydrogen-bond donors (Lipinski definition) is 6. The predicted octanol–water partition coefficient (Wildman–Crippen LogP) is -0.906. The molecule has 0 saturated carbocycles. The molecule has 152 valence electrons. The lowest BCUT2D eigenvalue weighted by Crippen LogP contribution is -2.60. The Hall–Kier alpha value is -2.28. The lowest BCUT2D eigenvalue weighted by Gasteiger charge is -2.40. The van der Waals surface area contributed by atoms with Gasteiger partial charge in [-0.25, -0.2) is 13.4 Å². The molecule has 0 amide bonds. The molecular weight excluding hydrogens is 390 g/mol. The van der Waals surface area contributed by atoms with Crippen LogP contribution in [0.3, 0.4) is 0 Å². The smallest absolute Gasteiger partial charge is 0.263 e. The highest BCUT2D eigenvalue weighted by atomic mass is 32.2. The van der Waals surface area contributed by atoms with Gasteiger partial charge in [0.25, 0.3) is 10.0 Å². The summed E-state index contributed by atoms with van der Waals surface area (Å²) >= 11 is 0. The molecule has 28 heavy (non-hydrogen) atoms. The van der Waals surface area contributed by atoms with E-state index in [9.17, 15) is 28.8 Å². The molecule has 0 aliphatic carbocycles.